The first-order chi connectivity index (χ1) is 18.6. The summed E-state index contributed by atoms with van der Waals surface area (Å²) in [7, 11) is 4.77. The number of fused-ring (bicyclic) bond motifs is 1. The maximum atomic E-state index is 14.5. The van der Waals surface area contributed by atoms with Gasteiger partial charge in [-0.05, 0) is 56.1 Å². The molecule has 39 heavy (non-hydrogen) atoms. The summed E-state index contributed by atoms with van der Waals surface area (Å²) in [6.07, 6.45) is 7.58. The van der Waals surface area contributed by atoms with Gasteiger partial charge in [0.05, 0.1) is 17.2 Å². The lowest BCUT2D eigenvalue weighted by Crippen LogP contribution is -2.39. The summed E-state index contributed by atoms with van der Waals surface area (Å²) in [5.74, 6) is 1.00. The van der Waals surface area contributed by atoms with E-state index in [1.807, 2.05) is 47.8 Å². The van der Waals surface area contributed by atoms with Gasteiger partial charge in [-0.15, -0.1) is 0 Å². The van der Waals surface area contributed by atoms with Crippen molar-refractivity contribution in [1.82, 2.24) is 24.4 Å². The molecule has 0 aromatic carbocycles. The maximum Gasteiger partial charge on any atom is 0.166 e. The van der Waals surface area contributed by atoms with Crippen molar-refractivity contribution >= 4 is 32.4 Å². The van der Waals surface area contributed by atoms with E-state index < -0.39 is 15.7 Å². The SMILES string of the molecule is CNc1ncc(-c2ccc3c(CCN(C)C4CCS(=O)(=O)CC4)cn(-c4cc(N(C)C)ccn4)c3n2)cc1F. The molecule has 0 unspecified atom stereocenters. The molecular formula is C28H34FN7O2S. The summed E-state index contributed by atoms with van der Waals surface area (Å²) in [6, 6.07) is 9.57. The van der Waals surface area contributed by atoms with E-state index in [1.54, 1.807) is 19.4 Å². The van der Waals surface area contributed by atoms with Crippen LogP contribution in [-0.4, -0.2) is 85.1 Å². The van der Waals surface area contributed by atoms with E-state index in [9.17, 15) is 12.8 Å². The first-order valence-corrected chi connectivity index (χ1v) is 14.9. The predicted octanol–water partition coefficient (Wildman–Crippen LogP) is 3.78. The topological polar surface area (TPSA) is 96.2 Å². The molecular weight excluding hydrogens is 517 g/mol. The molecule has 1 fully saturated rings. The van der Waals surface area contributed by atoms with Crippen LogP contribution in [0.4, 0.5) is 15.9 Å². The Kier molecular flexibility index (Phi) is 7.55. The molecule has 1 N–H and O–H groups in total. The van der Waals surface area contributed by atoms with Crippen molar-refractivity contribution in [2.24, 2.45) is 0 Å². The number of rotatable bonds is 8. The van der Waals surface area contributed by atoms with E-state index in [0.717, 1.165) is 41.1 Å². The average molecular weight is 552 g/mol. The highest BCUT2D eigenvalue weighted by atomic mass is 32.2. The molecule has 0 radical (unpaired) electrons. The van der Waals surface area contributed by atoms with Crippen molar-refractivity contribution < 1.29 is 12.8 Å². The second-order valence-corrected chi connectivity index (χ2v) is 12.6. The van der Waals surface area contributed by atoms with Crippen LogP contribution in [0.3, 0.4) is 0 Å². The normalized spacial score (nSPS) is 15.6. The smallest absolute Gasteiger partial charge is 0.166 e. The lowest BCUT2D eigenvalue weighted by atomic mass is 10.1. The van der Waals surface area contributed by atoms with Crippen LogP contribution in [0.15, 0.2) is 48.9 Å². The number of pyridine rings is 3. The largest absolute Gasteiger partial charge is 0.378 e. The van der Waals surface area contributed by atoms with E-state index in [4.69, 9.17) is 4.98 Å². The van der Waals surface area contributed by atoms with Crippen molar-refractivity contribution in [3.8, 4) is 17.1 Å². The molecule has 1 aliphatic heterocycles. The lowest BCUT2D eigenvalue weighted by Gasteiger charge is -2.31. The molecule has 0 bridgehead atoms. The average Bonchev–Trinajstić information content (AvgIpc) is 3.29. The van der Waals surface area contributed by atoms with Gasteiger partial charge in [0.15, 0.2) is 11.6 Å². The van der Waals surface area contributed by atoms with Gasteiger partial charge >= 0.3 is 0 Å². The highest BCUT2D eigenvalue weighted by Gasteiger charge is 2.26. The Bertz CT molecular complexity index is 1590. The highest BCUT2D eigenvalue weighted by molar-refractivity contribution is 7.91. The fraction of sp³-hybridized carbons (Fsp3) is 0.393. The molecule has 9 nitrogen and oxygen atoms in total. The fourth-order valence-corrected chi connectivity index (χ4v) is 6.55. The van der Waals surface area contributed by atoms with Crippen molar-refractivity contribution in [1.29, 1.82) is 0 Å². The Morgan fingerprint density at radius 3 is 2.56 bits per heavy atom. The Morgan fingerprint density at radius 2 is 1.87 bits per heavy atom. The Hall–Kier alpha value is -3.57. The molecule has 206 valence electrons. The number of nitrogens with one attached hydrogen (secondary N) is 1. The molecule has 0 spiro atoms. The standard InChI is InChI=1S/C28H34FN7O2S/c1-30-27-24(29)15-20(17-32-27)25-6-5-23-19(8-12-35(4)21-9-13-39(37,38)14-10-21)18-36(28(23)33-25)26-16-22(34(2)3)7-11-31-26/h5-7,11,15-18,21H,8-10,12-14H2,1-4H3,(H,30,32). The van der Waals surface area contributed by atoms with Crippen LogP contribution in [0.2, 0.25) is 0 Å². The minimum atomic E-state index is -2.90. The van der Waals surface area contributed by atoms with Gasteiger partial charge in [0.25, 0.3) is 0 Å². The van der Waals surface area contributed by atoms with Gasteiger partial charge < -0.3 is 15.1 Å². The first kappa shape index (κ1) is 27.0. The molecule has 0 atom stereocenters. The Labute approximate surface area is 228 Å². The van der Waals surface area contributed by atoms with Crippen molar-refractivity contribution in [2.45, 2.75) is 25.3 Å². The first-order valence-electron chi connectivity index (χ1n) is 13.0. The van der Waals surface area contributed by atoms with Gasteiger partial charge in [0.1, 0.15) is 21.3 Å². The monoisotopic (exact) mass is 551 g/mol. The quantitative estimate of drug-likeness (QED) is 0.354. The number of sulfone groups is 1. The zero-order chi connectivity index (χ0) is 27.7. The van der Waals surface area contributed by atoms with Crippen LogP contribution in [0, 0.1) is 5.82 Å². The summed E-state index contributed by atoms with van der Waals surface area (Å²) in [5, 5.41) is 3.74. The zero-order valence-corrected chi connectivity index (χ0v) is 23.5. The van der Waals surface area contributed by atoms with Gasteiger partial charge in [-0.25, -0.2) is 27.8 Å². The third-order valence-corrected chi connectivity index (χ3v) is 9.20. The van der Waals surface area contributed by atoms with E-state index >= 15 is 0 Å². The highest BCUT2D eigenvalue weighted by Crippen LogP contribution is 2.29. The van der Waals surface area contributed by atoms with Gasteiger partial charge in [0.2, 0.25) is 0 Å². The Morgan fingerprint density at radius 1 is 1.10 bits per heavy atom. The van der Waals surface area contributed by atoms with Crippen molar-refractivity contribution in [3.05, 3.63) is 60.3 Å². The molecule has 5 rings (SSSR count). The van der Waals surface area contributed by atoms with Crippen LogP contribution in [0.1, 0.15) is 18.4 Å². The van der Waals surface area contributed by atoms with E-state index in [0.29, 0.717) is 24.1 Å². The number of hydrogen-bond acceptors (Lipinski definition) is 8. The molecule has 1 aliphatic rings. The number of halogens is 1. The summed E-state index contributed by atoms with van der Waals surface area (Å²) in [4.78, 5) is 18.0. The zero-order valence-electron chi connectivity index (χ0n) is 22.7. The molecule has 5 heterocycles. The van der Waals surface area contributed by atoms with E-state index in [2.05, 4.69) is 33.4 Å². The van der Waals surface area contributed by atoms with Gasteiger partial charge in [-0.2, -0.15) is 0 Å². The number of nitrogens with zero attached hydrogens (tertiary/aromatic N) is 6. The van der Waals surface area contributed by atoms with Crippen molar-refractivity contribution in [2.75, 3.05) is 56.5 Å². The van der Waals surface area contributed by atoms with Crippen LogP contribution in [0.5, 0.6) is 0 Å². The number of likely N-dealkylation sites (N-methyl/N-ethyl adjacent to an activating group) is 1. The molecule has 1 saturated heterocycles. The van der Waals surface area contributed by atoms with Crippen LogP contribution in [-0.2, 0) is 16.3 Å². The van der Waals surface area contributed by atoms with Crippen LogP contribution >= 0.6 is 0 Å². The molecule has 4 aromatic rings. The second kappa shape index (κ2) is 10.9. The molecule has 11 heteroatoms. The number of hydrogen-bond donors (Lipinski definition) is 1. The van der Waals surface area contributed by atoms with E-state index in [1.165, 1.54) is 6.07 Å². The number of anilines is 2. The van der Waals surface area contributed by atoms with Crippen molar-refractivity contribution in [3.63, 3.8) is 0 Å². The third-order valence-electron chi connectivity index (χ3n) is 7.48. The van der Waals surface area contributed by atoms with Gasteiger partial charge in [-0.3, -0.25) is 4.57 Å². The summed E-state index contributed by atoms with van der Waals surface area (Å²) in [6.45, 7) is 0.789. The summed E-state index contributed by atoms with van der Waals surface area (Å²) >= 11 is 0. The van der Waals surface area contributed by atoms with Crippen LogP contribution < -0.4 is 10.2 Å². The molecule has 0 aliphatic carbocycles. The molecule has 0 amide bonds. The fourth-order valence-electron chi connectivity index (χ4n) is 5.08. The van der Waals surface area contributed by atoms with Gasteiger partial charge in [0, 0.05) is 75.0 Å². The van der Waals surface area contributed by atoms with Crippen LogP contribution in [0.25, 0.3) is 28.1 Å². The van der Waals surface area contributed by atoms with Gasteiger partial charge in [-0.1, -0.05) is 0 Å². The summed E-state index contributed by atoms with van der Waals surface area (Å²) in [5.41, 5.74) is 4.07. The maximum absolute atomic E-state index is 14.5. The number of aromatic nitrogens is 4. The molecule has 4 aromatic heterocycles. The lowest BCUT2D eigenvalue weighted by molar-refractivity contribution is 0.229. The summed E-state index contributed by atoms with van der Waals surface area (Å²) < 4.78 is 40.2. The van der Waals surface area contributed by atoms with E-state index in [-0.39, 0.29) is 23.4 Å². The second-order valence-electron chi connectivity index (χ2n) is 10.3. The minimum absolute atomic E-state index is 0.190. The predicted molar refractivity (Wildman–Crippen MR) is 154 cm³/mol. The Balaban J connectivity index is 1.51. The third kappa shape index (κ3) is 5.74. The minimum Gasteiger partial charge on any atom is -0.378 e. The molecule has 0 saturated carbocycles.